The van der Waals surface area contributed by atoms with Crippen LogP contribution in [0.1, 0.15) is 18.1 Å². The molecule has 0 bridgehead atoms. The molecule has 1 N–H and O–H groups in total. The van der Waals surface area contributed by atoms with Gasteiger partial charge in [-0.3, -0.25) is 14.5 Å². The number of para-hydroxylation sites is 1. The van der Waals surface area contributed by atoms with Gasteiger partial charge in [0.15, 0.2) is 0 Å². The smallest absolute Gasteiger partial charge is 0.338 e. The van der Waals surface area contributed by atoms with Gasteiger partial charge < -0.3 is 9.88 Å². The Morgan fingerprint density at radius 3 is 2.63 bits per heavy atom. The maximum atomic E-state index is 12.6. The highest BCUT2D eigenvalue weighted by molar-refractivity contribution is 6.46. The first-order valence-corrected chi connectivity index (χ1v) is 9.83. The number of benzene rings is 2. The van der Waals surface area contributed by atoms with E-state index < -0.39 is 6.03 Å². The predicted molar refractivity (Wildman–Crippen MR) is 116 cm³/mol. The van der Waals surface area contributed by atoms with Crippen LogP contribution in [0.25, 0.3) is 10.9 Å². The fraction of sp³-hybridized carbons (Fsp3) is 0.217. The number of fused-ring (bicyclic) bond motifs is 1. The van der Waals surface area contributed by atoms with E-state index in [4.69, 9.17) is 0 Å². The number of nitrogens with one attached hydrogen (secondary N) is 1. The van der Waals surface area contributed by atoms with Gasteiger partial charge in [0.05, 0.1) is 0 Å². The molecule has 1 aromatic heterocycles. The number of aryl methyl sites for hydroxylation is 1. The Bertz CT molecular complexity index is 1190. The summed E-state index contributed by atoms with van der Waals surface area (Å²) in [4.78, 5) is 42.0. The molecule has 7 heteroatoms. The maximum absolute atomic E-state index is 12.6. The predicted octanol–water partition coefficient (Wildman–Crippen LogP) is 3.55. The number of imide groups is 1. The molecule has 1 aliphatic heterocycles. The van der Waals surface area contributed by atoms with Crippen molar-refractivity contribution in [3.8, 4) is 0 Å². The van der Waals surface area contributed by atoms with Gasteiger partial charge in [0.1, 0.15) is 12.3 Å². The van der Waals surface area contributed by atoms with Crippen molar-refractivity contribution in [1.29, 1.82) is 0 Å². The molecule has 0 unspecified atom stereocenters. The van der Waals surface area contributed by atoms with Crippen LogP contribution in [-0.4, -0.2) is 39.6 Å². The molecule has 0 aliphatic carbocycles. The van der Waals surface area contributed by atoms with Crippen molar-refractivity contribution in [2.75, 3.05) is 11.9 Å². The molecule has 7 nitrogen and oxygen atoms in total. The van der Waals surface area contributed by atoms with Crippen molar-refractivity contribution in [3.63, 3.8) is 0 Å². The number of rotatable bonds is 6. The minimum atomic E-state index is -0.515. The van der Waals surface area contributed by atoms with Gasteiger partial charge in [-0.2, -0.15) is 4.99 Å². The summed E-state index contributed by atoms with van der Waals surface area (Å²) in [6.45, 7) is 4.15. The number of nitrogens with zero attached hydrogens (tertiary/aromatic N) is 3. The van der Waals surface area contributed by atoms with E-state index >= 15 is 0 Å². The Morgan fingerprint density at radius 1 is 1.10 bits per heavy atom. The summed E-state index contributed by atoms with van der Waals surface area (Å²) in [6.07, 6.45) is 2.10. The van der Waals surface area contributed by atoms with E-state index in [1.807, 2.05) is 66.2 Å². The topological polar surface area (TPSA) is 83.8 Å². The second kappa shape index (κ2) is 7.94. The minimum Gasteiger partial charge on any atom is -0.338 e. The van der Waals surface area contributed by atoms with Crippen LogP contribution in [0.4, 0.5) is 10.5 Å². The number of anilines is 1. The number of amides is 4. The van der Waals surface area contributed by atoms with Crippen LogP contribution >= 0.6 is 0 Å². The summed E-state index contributed by atoms with van der Waals surface area (Å²) < 4.78 is 1.86. The molecule has 30 heavy (non-hydrogen) atoms. The van der Waals surface area contributed by atoms with Crippen molar-refractivity contribution < 1.29 is 14.4 Å². The van der Waals surface area contributed by atoms with E-state index in [-0.39, 0.29) is 30.5 Å². The third kappa shape index (κ3) is 3.74. The second-order valence-electron chi connectivity index (χ2n) is 7.28. The van der Waals surface area contributed by atoms with Gasteiger partial charge in [0, 0.05) is 35.8 Å². The van der Waals surface area contributed by atoms with E-state index in [0.29, 0.717) is 6.54 Å². The Morgan fingerprint density at radius 2 is 1.90 bits per heavy atom. The Balaban J connectivity index is 1.58. The van der Waals surface area contributed by atoms with Crippen LogP contribution in [-0.2, 0) is 22.6 Å². The first kappa shape index (κ1) is 19.6. The lowest BCUT2D eigenvalue weighted by Crippen LogP contribution is -2.32. The molecule has 3 aromatic rings. The maximum Gasteiger partial charge on any atom is 0.350 e. The molecule has 4 rings (SSSR count). The Kier molecular flexibility index (Phi) is 5.18. The van der Waals surface area contributed by atoms with Crippen molar-refractivity contribution in [1.82, 2.24) is 9.47 Å². The highest BCUT2D eigenvalue weighted by Crippen LogP contribution is 2.24. The number of carbonyl (C=O) groups excluding carboxylic acids is 3. The first-order valence-electron chi connectivity index (χ1n) is 9.83. The van der Waals surface area contributed by atoms with E-state index in [1.54, 1.807) is 6.92 Å². The molecule has 0 saturated heterocycles. The first-order chi connectivity index (χ1) is 14.5. The molecule has 0 saturated carbocycles. The molecule has 0 fully saturated rings. The molecular weight excluding hydrogens is 380 g/mol. The summed E-state index contributed by atoms with van der Waals surface area (Å²) in [7, 11) is 0. The van der Waals surface area contributed by atoms with Gasteiger partial charge in [-0.1, -0.05) is 30.3 Å². The summed E-state index contributed by atoms with van der Waals surface area (Å²) in [5, 5.41) is 3.85. The van der Waals surface area contributed by atoms with Crippen LogP contribution in [0.3, 0.4) is 0 Å². The van der Waals surface area contributed by atoms with Gasteiger partial charge in [-0.05, 0) is 43.2 Å². The number of carbonyl (C=O) groups is 3. The van der Waals surface area contributed by atoms with E-state index in [0.717, 1.165) is 32.6 Å². The molecule has 0 atom stereocenters. The molecular formula is C23H22N4O3. The van der Waals surface area contributed by atoms with Crippen LogP contribution in [0.15, 0.2) is 59.7 Å². The number of hydrogen-bond donors (Lipinski definition) is 1. The van der Waals surface area contributed by atoms with Gasteiger partial charge >= 0.3 is 6.03 Å². The van der Waals surface area contributed by atoms with Crippen LogP contribution in [0, 0.1) is 6.92 Å². The van der Waals surface area contributed by atoms with Crippen molar-refractivity contribution >= 4 is 40.1 Å². The highest BCUT2D eigenvalue weighted by atomic mass is 16.2. The van der Waals surface area contributed by atoms with E-state index in [9.17, 15) is 14.4 Å². The van der Waals surface area contributed by atoms with E-state index in [1.165, 1.54) is 0 Å². The molecule has 0 spiro atoms. The molecule has 4 amide bonds. The Labute approximate surface area is 174 Å². The lowest BCUT2D eigenvalue weighted by molar-refractivity contribution is -0.120. The van der Waals surface area contributed by atoms with Crippen LogP contribution in [0.2, 0.25) is 0 Å². The van der Waals surface area contributed by atoms with E-state index in [2.05, 4.69) is 10.3 Å². The third-order valence-electron chi connectivity index (χ3n) is 5.11. The molecule has 2 heterocycles. The van der Waals surface area contributed by atoms with Crippen LogP contribution in [0.5, 0.6) is 0 Å². The monoisotopic (exact) mass is 402 g/mol. The molecule has 2 aromatic carbocycles. The fourth-order valence-corrected chi connectivity index (χ4v) is 3.71. The van der Waals surface area contributed by atoms with Gasteiger partial charge in [0.25, 0.3) is 5.91 Å². The standard InChI is InChI=1S/C23H22N4O3/c1-3-27-22(29)19(25-23(27)30)12-16-13-26(20-10-5-4-9-18(16)20)14-21(28)24-17-8-6-7-15(2)11-17/h4-11,13H,3,12,14H2,1-2H3,(H,24,28). The zero-order valence-electron chi connectivity index (χ0n) is 16.9. The molecule has 152 valence electrons. The quantitative estimate of drug-likeness (QED) is 0.684. The van der Waals surface area contributed by atoms with Crippen molar-refractivity contribution in [2.45, 2.75) is 26.8 Å². The average molecular weight is 402 g/mol. The third-order valence-corrected chi connectivity index (χ3v) is 5.11. The number of hydrogen-bond acceptors (Lipinski definition) is 3. The zero-order valence-corrected chi connectivity index (χ0v) is 16.9. The van der Waals surface area contributed by atoms with Gasteiger partial charge in [-0.15, -0.1) is 0 Å². The number of aromatic nitrogens is 1. The Hall–Kier alpha value is -3.74. The summed E-state index contributed by atoms with van der Waals surface area (Å²) in [5.41, 5.74) is 3.79. The van der Waals surface area contributed by atoms with Gasteiger partial charge in [0.2, 0.25) is 5.91 Å². The highest BCUT2D eigenvalue weighted by Gasteiger charge is 2.32. The number of urea groups is 1. The largest absolute Gasteiger partial charge is 0.350 e. The van der Waals surface area contributed by atoms with Crippen molar-refractivity contribution in [3.05, 3.63) is 65.9 Å². The van der Waals surface area contributed by atoms with Crippen molar-refractivity contribution in [2.24, 2.45) is 4.99 Å². The second-order valence-corrected chi connectivity index (χ2v) is 7.28. The molecule has 1 aliphatic rings. The summed E-state index contributed by atoms with van der Waals surface area (Å²) in [5.74, 6) is -0.494. The fourth-order valence-electron chi connectivity index (χ4n) is 3.71. The summed E-state index contributed by atoms with van der Waals surface area (Å²) in [6, 6.07) is 14.8. The lowest BCUT2D eigenvalue weighted by atomic mass is 10.1. The average Bonchev–Trinajstić information content (AvgIpc) is 3.18. The van der Waals surface area contributed by atoms with Gasteiger partial charge in [-0.25, -0.2) is 4.79 Å². The number of aliphatic imine (C=N–C) groups is 1. The minimum absolute atomic E-state index is 0.134. The summed E-state index contributed by atoms with van der Waals surface area (Å²) >= 11 is 0. The SMILES string of the molecule is CCN1C(=O)N=C(Cc2cn(CC(=O)Nc3cccc(C)c3)c3ccccc23)C1=O. The zero-order chi connectivity index (χ0) is 21.3. The molecule has 0 radical (unpaired) electrons. The normalized spacial score (nSPS) is 13.8. The lowest BCUT2D eigenvalue weighted by Gasteiger charge is -2.08. The van der Waals surface area contributed by atoms with Crippen LogP contribution < -0.4 is 5.32 Å².